The average Bonchev–Trinajstić information content (AvgIpc) is 3.06. The number of carbonyl (C=O) groups excluding carboxylic acids is 1. The second-order valence-corrected chi connectivity index (χ2v) is 7.52. The van der Waals surface area contributed by atoms with Crippen LogP contribution in [0.25, 0.3) is 10.9 Å². The van der Waals surface area contributed by atoms with Crippen molar-refractivity contribution in [3.8, 4) is 5.75 Å². The number of rotatable bonds is 8. The van der Waals surface area contributed by atoms with E-state index in [9.17, 15) is 4.79 Å². The maximum absolute atomic E-state index is 12.8. The van der Waals surface area contributed by atoms with Gasteiger partial charge in [0.15, 0.2) is 0 Å². The second-order valence-electron chi connectivity index (χ2n) is 7.52. The normalized spacial score (nSPS) is 10.9. The van der Waals surface area contributed by atoms with E-state index in [1.54, 1.807) is 0 Å². The molecule has 0 saturated carbocycles. The molecule has 4 aromatic rings. The molecule has 0 saturated heterocycles. The molecule has 0 radical (unpaired) electrons. The fourth-order valence-electron chi connectivity index (χ4n) is 3.91. The average molecular weight is 414 g/mol. The Labute approximate surface area is 183 Å². The number of hydrogen-bond acceptors (Lipinski definition) is 3. The number of nitrogens with zero attached hydrogens (tertiary/aromatic N) is 1. The third-order valence-corrected chi connectivity index (χ3v) is 5.46. The van der Waals surface area contributed by atoms with Crippen molar-refractivity contribution in [1.82, 2.24) is 4.57 Å². The molecule has 0 aliphatic heterocycles. The highest BCUT2D eigenvalue weighted by molar-refractivity contribution is 6.06. The van der Waals surface area contributed by atoms with E-state index in [4.69, 9.17) is 9.47 Å². The van der Waals surface area contributed by atoms with Crippen LogP contribution in [0.3, 0.4) is 0 Å². The fraction of sp³-hybridized carbons (Fsp3) is 0.222. The molecule has 0 unspecified atom stereocenters. The van der Waals surface area contributed by atoms with Crippen LogP contribution in [0.2, 0.25) is 0 Å². The van der Waals surface area contributed by atoms with Gasteiger partial charge in [0.2, 0.25) is 0 Å². The van der Waals surface area contributed by atoms with E-state index in [1.165, 1.54) is 11.1 Å². The molecular weight excluding hydrogens is 386 g/mol. The molecule has 31 heavy (non-hydrogen) atoms. The molecule has 158 valence electrons. The molecule has 4 nitrogen and oxygen atoms in total. The van der Waals surface area contributed by atoms with Crippen molar-refractivity contribution in [2.45, 2.75) is 26.8 Å². The quantitative estimate of drug-likeness (QED) is 0.343. The monoisotopic (exact) mass is 413 g/mol. The largest absolute Gasteiger partial charge is 0.493 e. The summed E-state index contributed by atoms with van der Waals surface area (Å²) >= 11 is 0. The van der Waals surface area contributed by atoms with Gasteiger partial charge in [-0.2, -0.15) is 0 Å². The Balaban J connectivity index is 1.65. The lowest BCUT2D eigenvalue weighted by Crippen LogP contribution is -2.08. The van der Waals surface area contributed by atoms with Crippen molar-refractivity contribution in [2.24, 2.45) is 0 Å². The Morgan fingerprint density at radius 1 is 0.903 bits per heavy atom. The Kier molecular flexibility index (Phi) is 6.37. The van der Waals surface area contributed by atoms with E-state index < -0.39 is 0 Å². The first-order chi connectivity index (χ1) is 15.2. The van der Waals surface area contributed by atoms with Gasteiger partial charge in [-0.25, -0.2) is 4.79 Å². The highest BCUT2D eigenvalue weighted by Crippen LogP contribution is 2.31. The number of hydrogen-bond donors (Lipinski definition) is 0. The third kappa shape index (κ3) is 4.64. The Bertz CT molecular complexity index is 1160. The smallest absolute Gasteiger partial charge is 0.340 e. The minimum Gasteiger partial charge on any atom is -0.493 e. The minimum absolute atomic E-state index is 0.293. The maximum atomic E-state index is 12.8. The van der Waals surface area contributed by atoms with Crippen LogP contribution >= 0.6 is 0 Å². The summed E-state index contributed by atoms with van der Waals surface area (Å²) in [4.78, 5) is 12.8. The zero-order valence-electron chi connectivity index (χ0n) is 18.0. The van der Waals surface area contributed by atoms with E-state index in [-0.39, 0.29) is 5.97 Å². The molecule has 0 N–H and O–H groups in total. The van der Waals surface area contributed by atoms with Crippen LogP contribution in [-0.2, 0) is 17.7 Å². The van der Waals surface area contributed by atoms with Gasteiger partial charge in [-0.3, -0.25) is 0 Å². The number of ether oxygens (including phenoxy) is 2. The third-order valence-electron chi connectivity index (χ3n) is 5.46. The minimum atomic E-state index is -0.293. The van der Waals surface area contributed by atoms with Crippen LogP contribution in [0.15, 0.2) is 78.9 Å². The van der Waals surface area contributed by atoms with Gasteiger partial charge in [-0.15, -0.1) is 0 Å². The molecule has 0 amide bonds. The predicted octanol–water partition coefficient (Wildman–Crippen LogP) is 5.80. The molecule has 0 fully saturated rings. The van der Waals surface area contributed by atoms with Gasteiger partial charge in [0.1, 0.15) is 5.75 Å². The summed E-state index contributed by atoms with van der Waals surface area (Å²) in [6.07, 6.45) is 0.831. The van der Waals surface area contributed by atoms with Crippen molar-refractivity contribution in [2.75, 3.05) is 13.2 Å². The predicted molar refractivity (Wildman–Crippen MR) is 124 cm³/mol. The van der Waals surface area contributed by atoms with Crippen LogP contribution < -0.4 is 4.74 Å². The van der Waals surface area contributed by atoms with Crippen molar-refractivity contribution < 1.29 is 14.3 Å². The summed E-state index contributed by atoms with van der Waals surface area (Å²) in [5, 5.41) is 0.865. The molecule has 0 aliphatic rings. The highest BCUT2D eigenvalue weighted by Gasteiger charge is 2.21. The SMILES string of the molecule is CCOC(=O)c1c(C)n(Cc2ccccc2)c2ccc(OCCc3ccccc3)cc12. The lowest BCUT2D eigenvalue weighted by molar-refractivity contribution is 0.0527. The maximum Gasteiger partial charge on any atom is 0.340 e. The van der Waals surface area contributed by atoms with Crippen LogP contribution in [-0.4, -0.2) is 23.8 Å². The highest BCUT2D eigenvalue weighted by atomic mass is 16.5. The summed E-state index contributed by atoms with van der Waals surface area (Å²) in [5.74, 6) is 0.462. The molecular formula is C27H27NO3. The van der Waals surface area contributed by atoms with Crippen molar-refractivity contribution >= 4 is 16.9 Å². The van der Waals surface area contributed by atoms with Gasteiger partial charge < -0.3 is 14.0 Å². The second kappa shape index (κ2) is 9.52. The Morgan fingerprint density at radius 3 is 2.26 bits per heavy atom. The van der Waals surface area contributed by atoms with E-state index in [0.29, 0.717) is 25.3 Å². The molecule has 0 spiro atoms. The summed E-state index contributed by atoms with van der Waals surface area (Å²) in [5.41, 5.74) is 4.93. The van der Waals surface area contributed by atoms with Crippen LogP contribution in [0.1, 0.15) is 34.1 Å². The number of fused-ring (bicyclic) bond motifs is 1. The summed E-state index contributed by atoms with van der Waals surface area (Å²) in [7, 11) is 0. The van der Waals surface area contributed by atoms with E-state index >= 15 is 0 Å². The number of aromatic nitrogens is 1. The molecule has 1 aromatic heterocycles. The molecule has 1 heterocycles. The van der Waals surface area contributed by atoms with Gasteiger partial charge in [-0.1, -0.05) is 60.7 Å². The van der Waals surface area contributed by atoms with Gasteiger partial charge >= 0.3 is 5.97 Å². The topological polar surface area (TPSA) is 40.5 Å². The van der Waals surface area contributed by atoms with E-state index in [0.717, 1.165) is 28.8 Å². The van der Waals surface area contributed by atoms with Crippen molar-refractivity contribution in [3.63, 3.8) is 0 Å². The van der Waals surface area contributed by atoms with E-state index in [1.807, 2.05) is 68.4 Å². The number of esters is 1. The van der Waals surface area contributed by atoms with E-state index in [2.05, 4.69) is 28.8 Å². The number of benzene rings is 3. The summed E-state index contributed by atoms with van der Waals surface area (Å²) < 4.78 is 13.6. The molecule has 0 aliphatic carbocycles. The van der Waals surface area contributed by atoms with Gasteiger partial charge in [-0.05, 0) is 43.2 Å². The zero-order chi connectivity index (χ0) is 21.6. The first kappa shape index (κ1) is 20.7. The first-order valence-electron chi connectivity index (χ1n) is 10.7. The molecule has 0 atom stereocenters. The number of carbonyl (C=O) groups is 1. The van der Waals surface area contributed by atoms with Crippen molar-refractivity contribution in [3.05, 3.63) is 101 Å². The van der Waals surface area contributed by atoms with Crippen LogP contribution in [0, 0.1) is 6.92 Å². The van der Waals surface area contributed by atoms with Crippen LogP contribution in [0.4, 0.5) is 0 Å². The van der Waals surface area contributed by atoms with Gasteiger partial charge in [0.05, 0.1) is 18.8 Å². The fourth-order valence-corrected chi connectivity index (χ4v) is 3.91. The molecule has 3 aromatic carbocycles. The Morgan fingerprint density at radius 2 is 1.58 bits per heavy atom. The van der Waals surface area contributed by atoms with Gasteiger partial charge in [0, 0.05) is 29.6 Å². The lowest BCUT2D eigenvalue weighted by Gasteiger charge is -2.10. The Hall–Kier alpha value is -3.53. The summed E-state index contributed by atoms with van der Waals surface area (Å²) in [6.45, 7) is 5.42. The van der Waals surface area contributed by atoms with Crippen LogP contribution in [0.5, 0.6) is 5.75 Å². The zero-order valence-corrected chi connectivity index (χ0v) is 18.0. The lowest BCUT2D eigenvalue weighted by atomic mass is 10.1. The molecule has 4 heteroatoms. The summed E-state index contributed by atoms with van der Waals surface area (Å²) in [6, 6.07) is 26.5. The standard InChI is InChI=1S/C27H27NO3/c1-3-30-27(29)26-20(2)28(19-22-12-8-5-9-13-22)25-15-14-23(18-24(25)26)31-17-16-21-10-6-4-7-11-21/h4-15,18H,3,16-17,19H2,1-2H3. The van der Waals surface area contributed by atoms with Crippen molar-refractivity contribution in [1.29, 1.82) is 0 Å². The molecule has 0 bridgehead atoms. The van der Waals surface area contributed by atoms with Gasteiger partial charge in [0.25, 0.3) is 0 Å². The molecule has 4 rings (SSSR count). The first-order valence-corrected chi connectivity index (χ1v) is 10.7.